The zero-order valence-electron chi connectivity index (χ0n) is 17.8. The molecule has 7 heteroatoms. The van der Waals surface area contributed by atoms with E-state index in [2.05, 4.69) is 11.8 Å². The summed E-state index contributed by atoms with van der Waals surface area (Å²) in [6.07, 6.45) is 1.98. The minimum absolute atomic E-state index is 0.0488. The fourth-order valence-electron chi connectivity index (χ4n) is 6.86. The number of aliphatic hydroxyl groups is 2. The normalized spacial score (nSPS) is 47.8. The van der Waals surface area contributed by atoms with Gasteiger partial charge in [-0.05, 0) is 38.3 Å². The lowest BCUT2D eigenvalue weighted by atomic mass is 9.66. The molecule has 0 unspecified atom stereocenters. The lowest BCUT2D eigenvalue weighted by Crippen LogP contribution is -2.51. The van der Waals surface area contributed by atoms with Crippen molar-refractivity contribution in [2.75, 3.05) is 19.6 Å². The van der Waals surface area contributed by atoms with Crippen molar-refractivity contribution in [1.29, 1.82) is 0 Å². The molecule has 0 spiro atoms. The quantitative estimate of drug-likeness (QED) is 0.679. The minimum atomic E-state index is -0.890. The van der Waals surface area contributed by atoms with Gasteiger partial charge in [-0.2, -0.15) is 0 Å². The number of likely N-dealkylation sites (tertiary alicyclic amines) is 1. The van der Waals surface area contributed by atoms with E-state index in [4.69, 9.17) is 9.47 Å². The lowest BCUT2D eigenvalue weighted by Gasteiger charge is -2.42. The topological polar surface area (TPSA) is 96.3 Å². The second-order valence-corrected chi connectivity index (χ2v) is 9.97. The molecular formula is C22H35NO6. The smallest absolute Gasteiger partial charge is 0.311 e. The van der Waals surface area contributed by atoms with Gasteiger partial charge in [0.2, 0.25) is 0 Å². The van der Waals surface area contributed by atoms with Gasteiger partial charge in [0, 0.05) is 37.1 Å². The predicted molar refractivity (Wildman–Crippen MR) is 105 cm³/mol. The molecule has 7 nitrogen and oxygen atoms in total. The third-order valence-corrected chi connectivity index (χ3v) is 8.20. The van der Waals surface area contributed by atoms with Crippen LogP contribution in [-0.2, 0) is 19.1 Å². The third kappa shape index (κ3) is 3.49. The predicted octanol–water partition coefficient (Wildman–Crippen LogP) is 1.35. The maximum Gasteiger partial charge on any atom is 0.311 e. The van der Waals surface area contributed by atoms with Gasteiger partial charge in [0.05, 0.1) is 18.1 Å². The maximum atomic E-state index is 12.8. The molecule has 164 valence electrons. The van der Waals surface area contributed by atoms with Crippen molar-refractivity contribution in [2.45, 2.75) is 77.3 Å². The summed E-state index contributed by atoms with van der Waals surface area (Å²) in [7, 11) is 0. The van der Waals surface area contributed by atoms with E-state index >= 15 is 0 Å². The summed E-state index contributed by atoms with van der Waals surface area (Å²) >= 11 is 0. The van der Waals surface area contributed by atoms with Crippen LogP contribution in [0.5, 0.6) is 0 Å². The Morgan fingerprint density at radius 1 is 1.24 bits per heavy atom. The number of esters is 2. The highest BCUT2D eigenvalue weighted by Crippen LogP contribution is 2.58. The van der Waals surface area contributed by atoms with E-state index in [-0.39, 0.29) is 41.7 Å². The van der Waals surface area contributed by atoms with Gasteiger partial charge in [-0.15, -0.1) is 0 Å². The highest BCUT2D eigenvalue weighted by Gasteiger charge is 2.65. The average Bonchev–Trinajstić information content (AvgIpc) is 3.06. The van der Waals surface area contributed by atoms with E-state index in [1.165, 1.54) is 13.3 Å². The van der Waals surface area contributed by atoms with Crippen LogP contribution in [0, 0.1) is 29.1 Å². The second kappa shape index (κ2) is 7.82. The van der Waals surface area contributed by atoms with E-state index in [1.54, 1.807) is 0 Å². The summed E-state index contributed by atoms with van der Waals surface area (Å²) in [5.74, 6) is -1.43. The number of rotatable bonds is 3. The molecule has 2 N–H and O–H groups in total. The van der Waals surface area contributed by atoms with Crippen LogP contribution in [-0.4, -0.2) is 71.1 Å². The number of nitrogens with zero attached hydrogens (tertiary/aromatic N) is 1. The zero-order chi connectivity index (χ0) is 20.9. The first-order valence-corrected chi connectivity index (χ1v) is 11.2. The Labute approximate surface area is 172 Å². The summed E-state index contributed by atoms with van der Waals surface area (Å²) in [6, 6.07) is 0. The largest absolute Gasteiger partial charge is 0.462 e. The van der Waals surface area contributed by atoms with Crippen molar-refractivity contribution in [2.24, 2.45) is 29.1 Å². The Kier molecular flexibility index (Phi) is 5.68. The molecule has 2 saturated carbocycles. The molecule has 0 amide bonds. The van der Waals surface area contributed by atoms with Crippen LogP contribution in [0.25, 0.3) is 0 Å². The van der Waals surface area contributed by atoms with Crippen LogP contribution < -0.4 is 0 Å². The number of aliphatic hydroxyl groups excluding tert-OH is 2. The number of carbonyl (C=O) groups is 2. The number of hydrogen-bond acceptors (Lipinski definition) is 7. The second-order valence-electron chi connectivity index (χ2n) is 9.97. The molecule has 9 atom stereocenters. The van der Waals surface area contributed by atoms with Gasteiger partial charge in [0.15, 0.2) is 0 Å². The number of hydrogen-bond donors (Lipinski definition) is 2. The van der Waals surface area contributed by atoms with E-state index in [1.807, 2.05) is 6.92 Å². The van der Waals surface area contributed by atoms with Gasteiger partial charge in [0.1, 0.15) is 12.2 Å². The van der Waals surface area contributed by atoms with Crippen molar-refractivity contribution in [1.82, 2.24) is 4.90 Å². The van der Waals surface area contributed by atoms with Gasteiger partial charge in [0.25, 0.3) is 0 Å². The summed E-state index contributed by atoms with van der Waals surface area (Å²) in [6.45, 7) is 7.89. The molecule has 2 aliphatic heterocycles. The maximum absolute atomic E-state index is 12.8. The van der Waals surface area contributed by atoms with Gasteiger partial charge in [-0.3, -0.25) is 9.59 Å². The van der Waals surface area contributed by atoms with Crippen LogP contribution in [0.2, 0.25) is 0 Å². The minimum Gasteiger partial charge on any atom is -0.462 e. The molecule has 29 heavy (non-hydrogen) atoms. The lowest BCUT2D eigenvalue weighted by molar-refractivity contribution is -0.152. The zero-order valence-corrected chi connectivity index (χ0v) is 17.8. The molecular weight excluding hydrogens is 374 g/mol. The molecule has 4 rings (SSSR count). The van der Waals surface area contributed by atoms with Gasteiger partial charge in [-0.1, -0.05) is 20.3 Å². The molecule has 2 heterocycles. The molecule has 0 aromatic heterocycles. The van der Waals surface area contributed by atoms with E-state index < -0.39 is 23.7 Å². The molecule has 0 radical (unpaired) electrons. The standard InChI is InChI=1S/C22H35NO6/c1-12-9-15-18(14(21(27)29-15)11-23-7-5-4-6-8-23)20(26)22(3)17(25)10-16(19(12)22)28-13(2)24/h12,14-20,25-26H,4-11H2,1-3H3/t12-,14-,15+,16+,17+,18-,19+,20+,22-/m1/s1. The summed E-state index contributed by atoms with van der Waals surface area (Å²) < 4.78 is 11.3. The highest BCUT2D eigenvalue weighted by molar-refractivity contribution is 5.76. The van der Waals surface area contributed by atoms with Crippen molar-refractivity contribution >= 4 is 11.9 Å². The first-order valence-electron chi connectivity index (χ1n) is 11.2. The van der Waals surface area contributed by atoms with Crippen LogP contribution in [0.15, 0.2) is 0 Å². The molecule has 2 saturated heterocycles. The van der Waals surface area contributed by atoms with E-state index in [0.29, 0.717) is 19.4 Å². The molecule has 4 aliphatic rings. The third-order valence-electron chi connectivity index (χ3n) is 8.20. The summed E-state index contributed by atoms with van der Waals surface area (Å²) in [5, 5.41) is 22.6. The first kappa shape index (κ1) is 21.1. The van der Waals surface area contributed by atoms with Crippen molar-refractivity contribution in [3.05, 3.63) is 0 Å². The number of fused-ring (bicyclic) bond motifs is 2. The molecule has 0 bridgehead atoms. The summed E-state index contributed by atoms with van der Waals surface area (Å²) in [4.78, 5) is 26.7. The fourth-order valence-corrected chi connectivity index (χ4v) is 6.86. The van der Waals surface area contributed by atoms with Crippen molar-refractivity contribution in [3.8, 4) is 0 Å². The SMILES string of the molecule is CC(=O)O[C@H]1C[C@H](O)[C@]2(C)[C@H]1[C@H](C)C[C@@H]1OC(=O)[C@H](CN3CCCCC3)[C@H]1[C@@H]2O. The number of ether oxygens (including phenoxy) is 2. The molecule has 0 aromatic rings. The molecule has 2 aliphatic carbocycles. The Morgan fingerprint density at radius 3 is 2.59 bits per heavy atom. The van der Waals surface area contributed by atoms with Gasteiger partial charge >= 0.3 is 11.9 Å². The van der Waals surface area contributed by atoms with Crippen LogP contribution in [0.1, 0.15) is 52.9 Å². The molecule has 0 aromatic carbocycles. The Hall–Kier alpha value is -1.18. The highest BCUT2D eigenvalue weighted by atomic mass is 16.6. The van der Waals surface area contributed by atoms with Crippen molar-refractivity contribution < 1.29 is 29.3 Å². The van der Waals surface area contributed by atoms with Crippen molar-refractivity contribution in [3.63, 3.8) is 0 Å². The van der Waals surface area contributed by atoms with Gasteiger partial charge in [-0.25, -0.2) is 0 Å². The molecule has 4 fully saturated rings. The van der Waals surface area contributed by atoms with Gasteiger partial charge < -0.3 is 24.6 Å². The summed E-state index contributed by atoms with van der Waals surface area (Å²) in [5.41, 5.74) is -0.840. The Balaban J connectivity index is 1.63. The van der Waals surface area contributed by atoms with E-state index in [0.717, 1.165) is 25.9 Å². The fraction of sp³-hybridized carbons (Fsp3) is 0.909. The average molecular weight is 410 g/mol. The van der Waals surface area contributed by atoms with E-state index in [9.17, 15) is 19.8 Å². The van der Waals surface area contributed by atoms with Crippen LogP contribution >= 0.6 is 0 Å². The van der Waals surface area contributed by atoms with Crippen LogP contribution in [0.4, 0.5) is 0 Å². The first-order chi connectivity index (χ1) is 13.7. The number of carbonyl (C=O) groups excluding carboxylic acids is 2. The Morgan fingerprint density at radius 2 is 1.93 bits per heavy atom. The Bertz CT molecular complexity index is 649. The van der Waals surface area contributed by atoms with Crippen LogP contribution in [0.3, 0.4) is 0 Å². The monoisotopic (exact) mass is 409 g/mol. The number of piperidine rings is 1.